The lowest BCUT2D eigenvalue weighted by Crippen LogP contribution is -2.56. The van der Waals surface area contributed by atoms with Crippen molar-refractivity contribution in [2.45, 2.75) is 37.8 Å². The quantitative estimate of drug-likeness (QED) is 0.310. The smallest absolute Gasteiger partial charge is 0.271 e. The molecule has 228 valence electrons. The molecule has 0 atom stereocenters. The molecule has 0 unspecified atom stereocenters. The van der Waals surface area contributed by atoms with E-state index in [1.165, 1.54) is 6.07 Å². The molecule has 1 saturated carbocycles. The van der Waals surface area contributed by atoms with Crippen LogP contribution < -0.4 is 21.3 Å². The number of carbonyl (C=O) groups is 1. The summed E-state index contributed by atoms with van der Waals surface area (Å²) in [6.45, 7) is 7.61. The largest absolute Gasteiger partial charge is 0.380 e. The number of likely N-dealkylation sites (N-methyl/N-ethyl adjacent to an activating group) is 1. The number of carbonyl (C=O) groups excluding carboxylic acids is 1. The molecule has 7 rings (SSSR count). The van der Waals surface area contributed by atoms with Gasteiger partial charge >= 0.3 is 0 Å². The third-order valence-electron chi connectivity index (χ3n) is 9.47. The lowest BCUT2D eigenvalue weighted by atomic mass is 9.64. The van der Waals surface area contributed by atoms with Crippen LogP contribution in [-0.2, 0) is 4.74 Å². The summed E-state index contributed by atoms with van der Waals surface area (Å²) < 4.78 is 20.9. The van der Waals surface area contributed by atoms with Gasteiger partial charge < -0.3 is 30.9 Å². The standard InChI is InChI=1S/C30H39FN10O2/c1-39-10-12-40(13-11-39)21-5-8-41(9-6-21)24-3-2-19(14-22(24)31)34-29-26(27(32)42)36-25(23-4-7-33-38-23)28(37-29)35-20-15-30(16-20)17-43-18-30/h2-4,7,14,20-21H,5-6,8-13,15-18H2,1H3,(H2,32,42)(H,33,38)(H2,34,35,37). The minimum atomic E-state index is -0.739. The number of benzene rings is 1. The fourth-order valence-corrected chi connectivity index (χ4v) is 6.91. The van der Waals surface area contributed by atoms with Gasteiger partial charge in [0, 0.05) is 68.7 Å². The highest BCUT2D eigenvalue weighted by molar-refractivity contribution is 5.97. The van der Waals surface area contributed by atoms with E-state index >= 15 is 4.39 Å². The number of nitrogens with zero attached hydrogens (tertiary/aromatic N) is 6. The van der Waals surface area contributed by atoms with Crippen LogP contribution >= 0.6 is 0 Å². The molecule has 1 amide bonds. The van der Waals surface area contributed by atoms with Gasteiger partial charge in [-0.25, -0.2) is 14.4 Å². The van der Waals surface area contributed by atoms with Gasteiger partial charge in [0.05, 0.1) is 24.6 Å². The molecule has 5 heterocycles. The zero-order chi connectivity index (χ0) is 29.6. The molecule has 3 saturated heterocycles. The number of amides is 1. The normalized spacial score (nSPS) is 21.4. The van der Waals surface area contributed by atoms with Crippen molar-refractivity contribution in [3.63, 3.8) is 0 Å². The van der Waals surface area contributed by atoms with Crippen molar-refractivity contribution in [2.75, 3.05) is 75.1 Å². The zero-order valence-electron chi connectivity index (χ0n) is 24.5. The van der Waals surface area contributed by atoms with Gasteiger partial charge in [0.2, 0.25) is 0 Å². The first kappa shape index (κ1) is 28.0. The Morgan fingerprint density at radius 2 is 1.84 bits per heavy atom. The number of nitrogens with two attached hydrogens (primary N) is 1. The molecule has 2 aromatic heterocycles. The summed E-state index contributed by atoms with van der Waals surface area (Å²) in [5.41, 5.74) is 8.05. The summed E-state index contributed by atoms with van der Waals surface area (Å²) in [5.74, 6) is -0.403. The highest BCUT2D eigenvalue weighted by Gasteiger charge is 2.50. The van der Waals surface area contributed by atoms with Crippen LogP contribution in [-0.4, -0.2) is 107 Å². The molecule has 13 heteroatoms. The van der Waals surface area contributed by atoms with Crippen molar-refractivity contribution in [1.29, 1.82) is 0 Å². The maximum absolute atomic E-state index is 15.5. The number of nitrogens with one attached hydrogen (secondary N) is 3. The Morgan fingerprint density at radius 3 is 2.47 bits per heavy atom. The van der Waals surface area contributed by atoms with Gasteiger partial charge in [0.25, 0.3) is 5.91 Å². The first-order chi connectivity index (χ1) is 20.9. The van der Waals surface area contributed by atoms with Gasteiger partial charge in [-0.2, -0.15) is 5.10 Å². The van der Waals surface area contributed by atoms with Gasteiger partial charge in [-0.3, -0.25) is 14.8 Å². The molecule has 3 aromatic rings. The number of hydrogen-bond acceptors (Lipinski definition) is 10. The van der Waals surface area contributed by atoms with E-state index in [1.54, 1.807) is 24.4 Å². The molecule has 4 aliphatic rings. The SMILES string of the molecule is CN1CCN(C2CCN(c3ccc(Nc4nc(NC5CC6(COC6)C5)c(-c5ccn[nH]5)nc4C(N)=O)cc3F)CC2)CC1. The maximum atomic E-state index is 15.5. The summed E-state index contributed by atoms with van der Waals surface area (Å²) in [5, 5.41) is 13.5. The van der Waals surface area contributed by atoms with E-state index < -0.39 is 5.91 Å². The van der Waals surface area contributed by atoms with Crippen molar-refractivity contribution in [3.8, 4) is 11.4 Å². The summed E-state index contributed by atoms with van der Waals surface area (Å²) >= 11 is 0. The minimum absolute atomic E-state index is 0.0388. The molecule has 0 radical (unpaired) electrons. The van der Waals surface area contributed by atoms with Crippen molar-refractivity contribution in [3.05, 3.63) is 42.0 Å². The maximum Gasteiger partial charge on any atom is 0.271 e. The van der Waals surface area contributed by atoms with E-state index in [2.05, 4.69) is 47.6 Å². The summed E-state index contributed by atoms with van der Waals surface area (Å²) in [4.78, 5) is 28.9. The lowest BCUT2D eigenvalue weighted by Gasteiger charge is -2.53. The zero-order valence-corrected chi connectivity index (χ0v) is 24.5. The lowest BCUT2D eigenvalue weighted by molar-refractivity contribution is -0.159. The number of hydrogen-bond donors (Lipinski definition) is 4. The van der Waals surface area contributed by atoms with Crippen molar-refractivity contribution in [1.82, 2.24) is 30.0 Å². The second kappa shape index (κ2) is 11.4. The van der Waals surface area contributed by atoms with Gasteiger partial charge in [-0.15, -0.1) is 0 Å². The van der Waals surface area contributed by atoms with Crippen molar-refractivity contribution < 1.29 is 13.9 Å². The van der Waals surface area contributed by atoms with E-state index in [0.717, 1.165) is 78.2 Å². The highest BCUT2D eigenvalue weighted by atomic mass is 19.1. The predicted molar refractivity (Wildman–Crippen MR) is 162 cm³/mol. The van der Waals surface area contributed by atoms with E-state index in [0.29, 0.717) is 34.6 Å². The fraction of sp³-hybridized carbons (Fsp3) is 0.533. The number of primary amides is 1. The molecule has 1 spiro atoms. The molecule has 5 N–H and O–H groups in total. The second-order valence-corrected chi connectivity index (χ2v) is 12.5. The van der Waals surface area contributed by atoms with Crippen LogP contribution in [0.1, 0.15) is 36.2 Å². The first-order valence-corrected chi connectivity index (χ1v) is 15.2. The van der Waals surface area contributed by atoms with Gasteiger partial charge in [0.1, 0.15) is 11.5 Å². The third-order valence-corrected chi connectivity index (χ3v) is 9.47. The number of ether oxygens (including phenoxy) is 1. The topological polar surface area (TPSA) is 141 Å². The van der Waals surface area contributed by atoms with E-state index in [4.69, 9.17) is 15.5 Å². The second-order valence-electron chi connectivity index (χ2n) is 12.5. The number of halogens is 1. The van der Waals surface area contributed by atoms with Crippen molar-refractivity contribution >= 4 is 28.9 Å². The molecule has 1 aromatic carbocycles. The predicted octanol–water partition coefficient (Wildman–Crippen LogP) is 2.66. The number of rotatable bonds is 8. The van der Waals surface area contributed by atoms with Gasteiger partial charge in [-0.05, 0) is 57.0 Å². The molecular weight excluding hydrogens is 551 g/mol. The number of aromatic nitrogens is 4. The van der Waals surface area contributed by atoms with Crippen LogP contribution in [0.5, 0.6) is 0 Å². The van der Waals surface area contributed by atoms with E-state index in [1.807, 2.05) is 0 Å². The van der Waals surface area contributed by atoms with E-state index in [-0.39, 0.29) is 28.8 Å². The molecule has 0 bridgehead atoms. The third kappa shape index (κ3) is 5.64. The Bertz CT molecular complexity index is 1460. The Balaban J connectivity index is 1.08. The summed E-state index contributed by atoms with van der Waals surface area (Å²) in [6, 6.07) is 7.55. The number of piperidine rings is 1. The van der Waals surface area contributed by atoms with Crippen molar-refractivity contribution in [2.24, 2.45) is 11.1 Å². The minimum Gasteiger partial charge on any atom is -0.380 e. The molecule has 12 nitrogen and oxygen atoms in total. The molecule has 4 fully saturated rings. The van der Waals surface area contributed by atoms with Crippen LogP contribution in [0.2, 0.25) is 0 Å². The monoisotopic (exact) mass is 590 g/mol. The molecule has 3 aliphatic heterocycles. The molecule has 43 heavy (non-hydrogen) atoms. The fourth-order valence-electron chi connectivity index (χ4n) is 6.91. The van der Waals surface area contributed by atoms with Gasteiger partial charge in [-0.1, -0.05) is 0 Å². The summed E-state index contributed by atoms with van der Waals surface area (Å²) in [7, 11) is 2.17. The summed E-state index contributed by atoms with van der Waals surface area (Å²) in [6.07, 6.45) is 5.59. The van der Waals surface area contributed by atoms with Crippen LogP contribution in [0.3, 0.4) is 0 Å². The Hall–Kier alpha value is -3.81. The first-order valence-electron chi connectivity index (χ1n) is 15.2. The van der Waals surface area contributed by atoms with Gasteiger partial charge in [0.15, 0.2) is 17.3 Å². The van der Waals surface area contributed by atoms with Crippen LogP contribution in [0.15, 0.2) is 30.5 Å². The molecule has 1 aliphatic carbocycles. The Labute approximate surface area is 250 Å². The Kier molecular flexibility index (Phi) is 7.39. The average molecular weight is 591 g/mol. The van der Waals surface area contributed by atoms with Crippen LogP contribution in [0.25, 0.3) is 11.4 Å². The van der Waals surface area contributed by atoms with E-state index in [9.17, 15) is 4.79 Å². The molecular formula is C30H39FN10O2. The Morgan fingerprint density at radius 1 is 1.07 bits per heavy atom. The van der Waals surface area contributed by atoms with Crippen LogP contribution in [0.4, 0.5) is 27.4 Å². The number of anilines is 4. The highest BCUT2D eigenvalue weighted by Crippen LogP contribution is 2.48. The van der Waals surface area contributed by atoms with Crippen LogP contribution in [0, 0.1) is 11.2 Å². The average Bonchev–Trinajstić information content (AvgIpc) is 3.49. The number of H-pyrrole nitrogens is 1. The number of aromatic amines is 1. The number of piperazine rings is 1.